The summed E-state index contributed by atoms with van der Waals surface area (Å²) in [6.45, 7) is 7.42. The van der Waals surface area contributed by atoms with Crippen molar-refractivity contribution in [3.8, 4) is 11.5 Å². The van der Waals surface area contributed by atoms with Crippen LogP contribution in [0.15, 0.2) is 33.5 Å². The van der Waals surface area contributed by atoms with E-state index in [2.05, 4.69) is 0 Å². The maximum absolute atomic E-state index is 12.6. The zero-order valence-electron chi connectivity index (χ0n) is 30.0. The summed E-state index contributed by atoms with van der Waals surface area (Å²) in [6.07, 6.45) is -15.1. The molecule has 2 aliphatic rings. The number of methoxy groups -OCH3 is 1. The van der Waals surface area contributed by atoms with E-state index in [1.165, 1.54) is 38.3 Å². The second kappa shape index (κ2) is 17.5. The molecular formula is C34H40O19. The average molecular weight is 753 g/mol. The molecule has 3 heterocycles. The average Bonchev–Trinajstić information content (AvgIpc) is 3.04. The van der Waals surface area contributed by atoms with Gasteiger partial charge in [0.2, 0.25) is 6.29 Å². The van der Waals surface area contributed by atoms with Gasteiger partial charge in [-0.15, -0.1) is 0 Å². The summed E-state index contributed by atoms with van der Waals surface area (Å²) in [5.74, 6) is -4.94. The van der Waals surface area contributed by atoms with Crippen LogP contribution in [0.3, 0.4) is 0 Å². The van der Waals surface area contributed by atoms with Crippen LogP contribution in [0.2, 0.25) is 0 Å². The highest BCUT2D eigenvalue weighted by atomic mass is 16.8. The van der Waals surface area contributed by atoms with E-state index in [1.54, 1.807) is 0 Å². The van der Waals surface area contributed by atoms with E-state index >= 15 is 0 Å². The molecule has 2 saturated heterocycles. The lowest BCUT2D eigenvalue weighted by Crippen LogP contribution is -2.67. The maximum atomic E-state index is 12.6. The molecule has 10 atom stereocenters. The summed E-state index contributed by atoms with van der Waals surface area (Å²) < 4.78 is 68.5. The molecule has 290 valence electrons. The second-order valence-corrected chi connectivity index (χ2v) is 11.9. The van der Waals surface area contributed by atoms with Crippen molar-refractivity contribution >= 4 is 46.8 Å². The van der Waals surface area contributed by atoms with Crippen molar-refractivity contribution < 1.29 is 85.3 Å². The number of carbonyl (C=O) groups is 6. The standard InChI is InChI=1S/C34H40O19/c1-14-27(45-16(3)36)29(47-18(5)38)31(49-20(7)40)33(44-14)53-32-30(48-19(6)39)28(46-17(4)37)25(13-43-15(2)35)52-34(32)51-24-12-22-21(11-23(24)42-8)9-10-26(41)50-22/h9-12,14,25,27-34H,13H2,1-8H3/t14-,25+,27-,28+,29+,30-,31+,32+,33+,34+/m1/s1. The SMILES string of the molecule is COc1cc2ccc(=O)oc2cc1O[C@H]1O[C@@H](COC(C)=O)[C@H](OC(C)=O)[C@@H](OC(C)=O)[C@@H]1O[C@@H]1O[C@H](C)[C@@H](OC(C)=O)[C@H](OC(C)=O)[C@@H]1OC(C)=O. The summed E-state index contributed by atoms with van der Waals surface area (Å²) in [6, 6.07) is 5.51. The van der Waals surface area contributed by atoms with E-state index in [1.807, 2.05) is 0 Å². The minimum atomic E-state index is -1.71. The Hall–Kier alpha value is -5.27. The predicted octanol–water partition coefficient (Wildman–Crippen LogP) is 1.26. The number of carbonyl (C=O) groups excluding carboxylic acids is 6. The third-order valence-corrected chi connectivity index (χ3v) is 7.72. The van der Waals surface area contributed by atoms with Gasteiger partial charge in [0.25, 0.3) is 0 Å². The van der Waals surface area contributed by atoms with Crippen molar-refractivity contribution in [3.63, 3.8) is 0 Å². The third kappa shape index (κ3) is 10.4. The fourth-order valence-electron chi connectivity index (χ4n) is 5.80. The topological polar surface area (TPSA) is 234 Å². The molecule has 0 aliphatic carbocycles. The van der Waals surface area contributed by atoms with Crippen molar-refractivity contribution in [2.75, 3.05) is 13.7 Å². The molecule has 2 aliphatic heterocycles. The first-order valence-corrected chi connectivity index (χ1v) is 16.2. The highest BCUT2D eigenvalue weighted by Crippen LogP contribution is 2.38. The molecule has 0 N–H and O–H groups in total. The van der Waals surface area contributed by atoms with Gasteiger partial charge in [0.15, 0.2) is 54.4 Å². The smallest absolute Gasteiger partial charge is 0.336 e. The molecule has 2 aromatic rings. The van der Waals surface area contributed by atoms with Gasteiger partial charge in [0.1, 0.15) is 18.3 Å². The Balaban J connectivity index is 1.88. The summed E-state index contributed by atoms with van der Waals surface area (Å²) in [7, 11) is 1.33. The number of hydrogen-bond acceptors (Lipinski definition) is 19. The largest absolute Gasteiger partial charge is 0.493 e. The third-order valence-electron chi connectivity index (χ3n) is 7.72. The van der Waals surface area contributed by atoms with E-state index < -0.39 is 109 Å². The Labute approximate surface area is 301 Å². The van der Waals surface area contributed by atoms with Gasteiger partial charge in [0.05, 0.1) is 13.2 Å². The number of esters is 6. The molecule has 0 unspecified atom stereocenters. The van der Waals surface area contributed by atoms with E-state index in [9.17, 15) is 33.6 Å². The van der Waals surface area contributed by atoms with Crippen molar-refractivity contribution in [1.82, 2.24) is 0 Å². The fourth-order valence-corrected chi connectivity index (χ4v) is 5.80. The molecule has 2 fully saturated rings. The fraction of sp³-hybridized carbons (Fsp3) is 0.559. The highest BCUT2D eigenvalue weighted by Gasteiger charge is 2.57. The molecule has 0 amide bonds. The summed E-state index contributed by atoms with van der Waals surface area (Å²) in [5, 5.41) is 0.458. The van der Waals surface area contributed by atoms with Crippen LogP contribution in [0, 0.1) is 0 Å². The summed E-state index contributed by atoms with van der Waals surface area (Å²) in [5.41, 5.74) is -0.591. The molecule has 0 spiro atoms. The van der Waals surface area contributed by atoms with E-state index in [0.29, 0.717) is 5.39 Å². The van der Waals surface area contributed by atoms with Crippen molar-refractivity contribution in [2.24, 2.45) is 0 Å². The Morgan fingerprint density at radius 3 is 1.74 bits per heavy atom. The van der Waals surface area contributed by atoms with Crippen molar-refractivity contribution in [1.29, 1.82) is 0 Å². The maximum Gasteiger partial charge on any atom is 0.336 e. The van der Waals surface area contributed by atoms with Crippen LogP contribution in [-0.4, -0.2) is 111 Å². The number of hydrogen-bond donors (Lipinski definition) is 0. The molecule has 1 aromatic carbocycles. The number of benzene rings is 1. The van der Waals surface area contributed by atoms with Gasteiger partial charge in [0, 0.05) is 59.1 Å². The monoisotopic (exact) mass is 752 g/mol. The van der Waals surface area contributed by atoms with Gasteiger partial charge >= 0.3 is 41.4 Å². The minimum absolute atomic E-state index is 0.0764. The normalized spacial score (nSPS) is 28.2. The minimum Gasteiger partial charge on any atom is -0.493 e. The van der Waals surface area contributed by atoms with Crippen molar-refractivity contribution in [2.45, 2.75) is 110 Å². The number of rotatable bonds is 12. The Kier molecular flexibility index (Phi) is 13.4. The molecule has 19 heteroatoms. The lowest BCUT2D eigenvalue weighted by Gasteiger charge is -2.48. The van der Waals surface area contributed by atoms with Crippen LogP contribution in [0.25, 0.3) is 11.0 Å². The van der Waals surface area contributed by atoms with Crippen LogP contribution >= 0.6 is 0 Å². The van der Waals surface area contributed by atoms with Gasteiger partial charge in [-0.3, -0.25) is 28.8 Å². The molecule has 19 nitrogen and oxygen atoms in total. The van der Waals surface area contributed by atoms with E-state index in [-0.39, 0.29) is 17.1 Å². The summed E-state index contributed by atoms with van der Waals surface area (Å²) in [4.78, 5) is 85.6. The van der Waals surface area contributed by atoms with E-state index in [4.69, 9.17) is 56.5 Å². The molecule has 0 radical (unpaired) electrons. The molecule has 1 aromatic heterocycles. The summed E-state index contributed by atoms with van der Waals surface area (Å²) >= 11 is 0. The predicted molar refractivity (Wildman–Crippen MR) is 172 cm³/mol. The van der Waals surface area contributed by atoms with Crippen LogP contribution in [0.1, 0.15) is 48.5 Å². The zero-order valence-corrected chi connectivity index (χ0v) is 30.0. The van der Waals surface area contributed by atoms with E-state index in [0.717, 1.165) is 41.5 Å². The lowest BCUT2D eigenvalue weighted by molar-refractivity contribution is -0.356. The zero-order chi connectivity index (χ0) is 39.1. The Morgan fingerprint density at radius 1 is 0.623 bits per heavy atom. The first kappa shape index (κ1) is 40.5. The Morgan fingerprint density at radius 2 is 1.17 bits per heavy atom. The molecule has 4 rings (SSSR count). The van der Waals surface area contributed by atoms with Crippen molar-refractivity contribution in [3.05, 3.63) is 34.7 Å². The molecule has 0 saturated carbocycles. The van der Waals surface area contributed by atoms with Crippen LogP contribution in [-0.2, 0) is 71.4 Å². The quantitative estimate of drug-likeness (QED) is 0.169. The molecule has 0 bridgehead atoms. The van der Waals surface area contributed by atoms with Gasteiger partial charge < -0.3 is 56.5 Å². The van der Waals surface area contributed by atoms with Crippen LogP contribution in [0.4, 0.5) is 0 Å². The van der Waals surface area contributed by atoms with Gasteiger partial charge in [-0.2, -0.15) is 0 Å². The number of ether oxygens (including phenoxy) is 11. The second-order valence-electron chi connectivity index (χ2n) is 11.9. The number of fused-ring (bicyclic) bond motifs is 1. The Bertz CT molecular complexity index is 1750. The lowest BCUT2D eigenvalue weighted by atomic mass is 9.96. The first-order valence-electron chi connectivity index (χ1n) is 16.2. The van der Waals surface area contributed by atoms with Crippen LogP contribution in [0.5, 0.6) is 11.5 Å². The highest BCUT2D eigenvalue weighted by molar-refractivity contribution is 5.80. The van der Waals surface area contributed by atoms with Crippen LogP contribution < -0.4 is 15.1 Å². The van der Waals surface area contributed by atoms with Gasteiger partial charge in [-0.25, -0.2) is 4.79 Å². The first-order chi connectivity index (χ1) is 25.0. The molecule has 53 heavy (non-hydrogen) atoms. The van der Waals surface area contributed by atoms with Gasteiger partial charge in [-0.1, -0.05) is 0 Å². The van der Waals surface area contributed by atoms with Gasteiger partial charge in [-0.05, 0) is 19.1 Å². The molecular weight excluding hydrogens is 712 g/mol.